The summed E-state index contributed by atoms with van der Waals surface area (Å²) in [5.41, 5.74) is 2.49. The predicted molar refractivity (Wildman–Crippen MR) is 65.7 cm³/mol. The van der Waals surface area contributed by atoms with Crippen molar-refractivity contribution < 1.29 is 5.11 Å². The summed E-state index contributed by atoms with van der Waals surface area (Å²) in [5.74, 6) is 0. The molecule has 0 saturated heterocycles. The molecule has 0 radical (unpaired) electrons. The van der Waals surface area contributed by atoms with Gasteiger partial charge in [0.25, 0.3) is 0 Å². The Morgan fingerprint density at radius 2 is 2.24 bits per heavy atom. The average molecular weight is 235 g/mol. The lowest BCUT2D eigenvalue weighted by Gasteiger charge is -2.17. The molecule has 2 aliphatic rings. The third-order valence-corrected chi connectivity index (χ3v) is 4.06. The van der Waals surface area contributed by atoms with Gasteiger partial charge in [0.1, 0.15) is 0 Å². The van der Waals surface area contributed by atoms with E-state index in [-0.39, 0.29) is 12.1 Å². The van der Waals surface area contributed by atoms with Gasteiger partial charge < -0.3 is 10.4 Å². The van der Waals surface area contributed by atoms with Gasteiger partial charge in [-0.05, 0) is 39.0 Å². The summed E-state index contributed by atoms with van der Waals surface area (Å²) in [4.78, 5) is 0. The van der Waals surface area contributed by atoms with E-state index in [4.69, 9.17) is 0 Å². The van der Waals surface area contributed by atoms with Crippen LogP contribution in [0.2, 0.25) is 0 Å². The first-order chi connectivity index (χ1) is 8.25. The summed E-state index contributed by atoms with van der Waals surface area (Å²) in [6.07, 6.45) is 7.45. The molecule has 0 aromatic carbocycles. The fraction of sp³-hybridized carbons (Fsp3) is 0.769. The molecular weight excluding hydrogens is 214 g/mol. The monoisotopic (exact) mass is 235 g/mol. The number of nitrogens with one attached hydrogen (secondary N) is 1. The van der Waals surface area contributed by atoms with Crippen LogP contribution in [0.1, 0.15) is 49.4 Å². The Hall–Kier alpha value is -0.870. The Morgan fingerprint density at radius 3 is 2.88 bits per heavy atom. The molecule has 2 N–H and O–H groups in total. The molecule has 4 heteroatoms. The molecule has 94 valence electrons. The lowest BCUT2D eigenvalue weighted by atomic mass is 10.2. The normalized spacial score (nSPS) is 28.8. The zero-order valence-electron chi connectivity index (χ0n) is 10.4. The van der Waals surface area contributed by atoms with E-state index >= 15 is 0 Å². The maximum Gasteiger partial charge on any atom is 0.0781 e. The summed E-state index contributed by atoms with van der Waals surface area (Å²) < 4.78 is 2.03. The fourth-order valence-electron chi connectivity index (χ4n) is 2.71. The summed E-state index contributed by atoms with van der Waals surface area (Å²) in [6.45, 7) is 3.03. The van der Waals surface area contributed by atoms with Crippen molar-refractivity contribution in [2.75, 3.05) is 0 Å². The van der Waals surface area contributed by atoms with E-state index in [1.807, 2.05) is 10.9 Å². The maximum atomic E-state index is 9.93. The molecule has 4 nitrogen and oxygen atoms in total. The van der Waals surface area contributed by atoms with E-state index in [1.54, 1.807) is 0 Å². The second-order valence-corrected chi connectivity index (χ2v) is 5.42. The third kappa shape index (κ3) is 2.24. The molecule has 2 aliphatic carbocycles. The number of nitrogens with zero attached hydrogens (tertiary/aromatic N) is 2. The molecule has 1 aromatic heterocycles. The zero-order chi connectivity index (χ0) is 11.8. The molecular formula is C13H21N3O. The van der Waals surface area contributed by atoms with Crippen LogP contribution in [0.5, 0.6) is 0 Å². The van der Waals surface area contributed by atoms with Crippen LogP contribution in [0.25, 0.3) is 0 Å². The third-order valence-electron chi connectivity index (χ3n) is 4.06. The van der Waals surface area contributed by atoms with Crippen LogP contribution in [0.3, 0.4) is 0 Å². The first kappa shape index (κ1) is 11.2. The van der Waals surface area contributed by atoms with Crippen LogP contribution in [0.4, 0.5) is 0 Å². The van der Waals surface area contributed by atoms with E-state index in [0.29, 0.717) is 0 Å². The van der Waals surface area contributed by atoms with Crippen molar-refractivity contribution in [3.05, 3.63) is 17.5 Å². The smallest absolute Gasteiger partial charge is 0.0781 e. The topological polar surface area (TPSA) is 50.1 Å². The molecule has 3 rings (SSSR count). The highest BCUT2D eigenvalue weighted by Gasteiger charge is 2.29. The zero-order valence-corrected chi connectivity index (χ0v) is 10.4. The van der Waals surface area contributed by atoms with Crippen molar-refractivity contribution in [3.63, 3.8) is 0 Å². The quantitative estimate of drug-likeness (QED) is 0.832. The second kappa shape index (κ2) is 4.42. The van der Waals surface area contributed by atoms with Crippen molar-refractivity contribution in [1.29, 1.82) is 0 Å². The minimum absolute atomic E-state index is 0.199. The molecule has 17 heavy (non-hydrogen) atoms. The highest BCUT2D eigenvalue weighted by molar-refractivity contribution is 5.17. The van der Waals surface area contributed by atoms with Crippen molar-refractivity contribution in [2.24, 2.45) is 0 Å². The SMILES string of the molecule is Cc1c(CNC2CC2)cnn1C1CCCC1O. The van der Waals surface area contributed by atoms with Crippen molar-refractivity contribution >= 4 is 0 Å². The van der Waals surface area contributed by atoms with E-state index in [1.165, 1.54) is 24.1 Å². The molecule has 2 fully saturated rings. The van der Waals surface area contributed by atoms with Crippen LogP contribution < -0.4 is 5.32 Å². The number of hydrogen-bond donors (Lipinski definition) is 2. The van der Waals surface area contributed by atoms with Crippen molar-refractivity contribution in [1.82, 2.24) is 15.1 Å². The van der Waals surface area contributed by atoms with Gasteiger partial charge in [-0.2, -0.15) is 5.10 Å². The van der Waals surface area contributed by atoms with Crippen LogP contribution in [-0.2, 0) is 6.54 Å². The Labute approximate surface area is 102 Å². The fourth-order valence-corrected chi connectivity index (χ4v) is 2.71. The van der Waals surface area contributed by atoms with Gasteiger partial charge in [0.2, 0.25) is 0 Å². The maximum absolute atomic E-state index is 9.93. The van der Waals surface area contributed by atoms with E-state index < -0.39 is 0 Å². The molecule has 0 spiro atoms. The van der Waals surface area contributed by atoms with E-state index in [0.717, 1.165) is 31.8 Å². The molecule has 0 aliphatic heterocycles. The van der Waals surface area contributed by atoms with Crippen molar-refractivity contribution in [2.45, 2.75) is 63.8 Å². The Kier molecular flexibility index (Phi) is 2.92. The van der Waals surface area contributed by atoms with Crippen LogP contribution in [-0.4, -0.2) is 27.0 Å². The standard InChI is InChI=1S/C13H21N3O/c1-9-10(7-14-11-5-6-11)8-15-16(9)12-3-2-4-13(12)17/h8,11-14,17H,2-7H2,1H3. The number of aromatic nitrogens is 2. The van der Waals surface area contributed by atoms with Crippen LogP contribution in [0.15, 0.2) is 6.20 Å². The van der Waals surface area contributed by atoms with Gasteiger partial charge in [-0.3, -0.25) is 4.68 Å². The van der Waals surface area contributed by atoms with Gasteiger partial charge in [-0.25, -0.2) is 0 Å². The molecule has 1 heterocycles. The summed E-state index contributed by atoms with van der Waals surface area (Å²) in [6, 6.07) is 0.930. The van der Waals surface area contributed by atoms with Crippen LogP contribution in [0, 0.1) is 6.92 Å². The minimum atomic E-state index is -0.210. The highest BCUT2D eigenvalue weighted by atomic mass is 16.3. The summed E-state index contributed by atoms with van der Waals surface area (Å²) >= 11 is 0. The summed E-state index contributed by atoms with van der Waals surface area (Å²) in [7, 11) is 0. The Balaban J connectivity index is 1.71. The molecule has 2 saturated carbocycles. The number of rotatable bonds is 4. The highest BCUT2D eigenvalue weighted by Crippen LogP contribution is 2.31. The molecule has 2 atom stereocenters. The molecule has 2 unspecified atom stereocenters. The van der Waals surface area contributed by atoms with Gasteiger partial charge in [0, 0.05) is 23.8 Å². The number of hydrogen-bond acceptors (Lipinski definition) is 3. The molecule has 0 amide bonds. The molecule has 0 bridgehead atoms. The first-order valence-electron chi connectivity index (χ1n) is 6.70. The lowest BCUT2D eigenvalue weighted by Crippen LogP contribution is -2.21. The Bertz CT molecular complexity index is 397. The Morgan fingerprint density at radius 1 is 1.41 bits per heavy atom. The minimum Gasteiger partial charge on any atom is -0.391 e. The van der Waals surface area contributed by atoms with E-state index in [9.17, 15) is 5.11 Å². The van der Waals surface area contributed by atoms with E-state index in [2.05, 4.69) is 17.3 Å². The van der Waals surface area contributed by atoms with Gasteiger partial charge in [0.15, 0.2) is 0 Å². The van der Waals surface area contributed by atoms with Gasteiger partial charge in [-0.1, -0.05) is 0 Å². The molecule has 1 aromatic rings. The summed E-state index contributed by atoms with van der Waals surface area (Å²) in [5, 5.41) is 17.9. The number of aliphatic hydroxyl groups excluding tert-OH is 1. The largest absolute Gasteiger partial charge is 0.391 e. The predicted octanol–water partition coefficient (Wildman–Crippen LogP) is 1.53. The van der Waals surface area contributed by atoms with Gasteiger partial charge in [0.05, 0.1) is 18.3 Å². The second-order valence-electron chi connectivity index (χ2n) is 5.42. The van der Waals surface area contributed by atoms with Crippen molar-refractivity contribution in [3.8, 4) is 0 Å². The van der Waals surface area contributed by atoms with Crippen LogP contribution >= 0.6 is 0 Å². The van der Waals surface area contributed by atoms with Gasteiger partial charge in [-0.15, -0.1) is 0 Å². The first-order valence-corrected chi connectivity index (χ1v) is 6.70. The van der Waals surface area contributed by atoms with Gasteiger partial charge >= 0.3 is 0 Å². The lowest BCUT2D eigenvalue weighted by molar-refractivity contribution is 0.129. The average Bonchev–Trinajstić information content (AvgIpc) is 2.95. The number of aliphatic hydroxyl groups is 1.